The van der Waals surface area contributed by atoms with Gasteiger partial charge in [0.1, 0.15) is 11.5 Å². The molecule has 3 rings (SSSR count). The van der Waals surface area contributed by atoms with Gasteiger partial charge in [0.05, 0.1) is 26.4 Å². The maximum absolute atomic E-state index is 10.7. The number of ether oxygens (including phenoxy) is 2. The zero-order chi connectivity index (χ0) is 20.7. The second-order valence-electron chi connectivity index (χ2n) is 8.13. The molecule has 1 aliphatic heterocycles. The summed E-state index contributed by atoms with van der Waals surface area (Å²) in [4.78, 5) is 7.05. The van der Waals surface area contributed by atoms with Gasteiger partial charge in [0.25, 0.3) is 0 Å². The molecule has 162 valence electrons. The van der Waals surface area contributed by atoms with Crippen LogP contribution < -0.4 is 25.0 Å². The summed E-state index contributed by atoms with van der Waals surface area (Å²) in [7, 11) is 3.35. The van der Waals surface area contributed by atoms with Crippen molar-refractivity contribution in [3.63, 3.8) is 0 Å². The normalized spacial score (nSPS) is 21.7. The molecule has 1 saturated heterocycles. The van der Waals surface area contributed by atoms with Gasteiger partial charge >= 0.3 is 0 Å². The molecule has 1 saturated carbocycles. The highest BCUT2D eigenvalue weighted by atomic mass is 16.5. The third kappa shape index (κ3) is 5.92. The number of rotatable bonds is 7. The van der Waals surface area contributed by atoms with Gasteiger partial charge in [-0.1, -0.05) is 19.3 Å². The Balaban J connectivity index is 1.61. The van der Waals surface area contributed by atoms with Crippen LogP contribution in [0.25, 0.3) is 0 Å². The summed E-state index contributed by atoms with van der Waals surface area (Å²) in [5, 5.41) is 17.6. The first-order valence-corrected chi connectivity index (χ1v) is 10.8. The number of aliphatic imine (C=N–C) groups is 1. The zero-order valence-corrected chi connectivity index (χ0v) is 18.0. The molecule has 0 aromatic heterocycles. The van der Waals surface area contributed by atoms with Crippen LogP contribution in [0.4, 0.5) is 5.69 Å². The molecule has 1 aromatic rings. The van der Waals surface area contributed by atoms with Gasteiger partial charge in [-0.2, -0.15) is 0 Å². The number of hydrogen-bond donors (Lipinski definition) is 3. The predicted molar refractivity (Wildman–Crippen MR) is 117 cm³/mol. The Morgan fingerprint density at radius 3 is 2.48 bits per heavy atom. The second kappa shape index (κ2) is 10.1. The largest absolute Gasteiger partial charge is 0.497 e. The lowest BCUT2D eigenvalue weighted by atomic mass is 9.85. The minimum Gasteiger partial charge on any atom is -0.497 e. The van der Waals surface area contributed by atoms with Crippen LogP contribution in [-0.4, -0.2) is 63.1 Å². The molecule has 1 aromatic carbocycles. The van der Waals surface area contributed by atoms with Crippen molar-refractivity contribution in [1.82, 2.24) is 10.6 Å². The van der Waals surface area contributed by atoms with Gasteiger partial charge in [-0.3, -0.25) is 4.99 Å². The highest BCUT2D eigenvalue weighted by Gasteiger charge is 2.29. The Hall–Kier alpha value is -2.15. The highest BCUT2D eigenvalue weighted by molar-refractivity contribution is 5.80. The van der Waals surface area contributed by atoms with Crippen LogP contribution in [0, 0.1) is 0 Å². The Bertz CT molecular complexity index is 666. The van der Waals surface area contributed by atoms with Gasteiger partial charge in [-0.25, -0.2) is 0 Å². The predicted octanol–water partition coefficient (Wildman–Crippen LogP) is 2.53. The minimum absolute atomic E-state index is 0.297. The third-order valence-electron chi connectivity index (χ3n) is 5.89. The van der Waals surface area contributed by atoms with Crippen LogP contribution in [0.15, 0.2) is 23.2 Å². The second-order valence-corrected chi connectivity index (χ2v) is 8.13. The first kappa shape index (κ1) is 21.6. The summed E-state index contributed by atoms with van der Waals surface area (Å²) in [6, 6.07) is 6.28. The zero-order valence-electron chi connectivity index (χ0n) is 18.0. The van der Waals surface area contributed by atoms with Crippen LogP contribution >= 0.6 is 0 Å². The van der Waals surface area contributed by atoms with Gasteiger partial charge in [-0.05, 0) is 26.2 Å². The van der Waals surface area contributed by atoms with E-state index in [0.29, 0.717) is 12.6 Å². The average molecular weight is 405 g/mol. The third-order valence-corrected chi connectivity index (χ3v) is 5.89. The van der Waals surface area contributed by atoms with Crippen molar-refractivity contribution in [2.24, 2.45) is 4.99 Å². The molecular formula is C22H36N4O3. The van der Waals surface area contributed by atoms with Gasteiger partial charge < -0.3 is 30.1 Å². The molecule has 29 heavy (non-hydrogen) atoms. The molecule has 2 aliphatic rings. The van der Waals surface area contributed by atoms with Crippen molar-refractivity contribution >= 4 is 11.6 Å². The lowest BCUT2D eigenvalue weighted by Gasteiger charge is -2.30. The molecule has 2 fully saturated rings. The van der Waals surface area contributed by atoms with Crippen molar-refractivity contribution in [1.29, 1.82) is 0 Å². The summed E-state index contributed by atoms with van der Waals surface area (Å²) in [6.07, 6.45) is 6.14. The van der Waals surface area contributed by atoms with E-state index in [2.05, 4.69) is 22.5 Å². The van der Waals surface area contributed by atoms with E-state index in [4.69, 9.17) is 14.5 Å². The van der Waals surface area contributed by atoms with Crippen molar-refractivity contribution in [3.05, 3.63) is 18.2 Å². The molecule has 3 N–H and O–H groups in total. The van der Waals surface area contributed by atoms with E-state index in [1.807, 2.05) is 18.2 Å². The molecule has 1 aliphatic carbocycles. The fraction of sp³-hybridized carbons (Fsp3) is 0.682. The molecular weight excluding hydrogens is 368 g/mol. The number of benzene rings is 1. The minimum atomic E-state index is -0.639. The molecule has 7 nitrogen and oxygen atoms in total. The van der Waals surface area contributed by atoms with Crippen LogP contribution in [0.2, 0.25) is 0 Å². The molecule has 1 unspecified atom stereocenters. The van der Waals surface area contributed by atoms with Crippen LogP contribution in [0.5, 0.6) is 11.5 Å². The Morgan fingerprint density at radius 2 is 1.86 bits per heavy atom. The van der Waals surface area contributed by atoms with E-state index in [1.54, 1.807) is 14.2 Å². The fourth-order valence-corrected chi connectivity index (χ4v) is 4.20. The Morgan fingerprint density at radius 1 is 1.17 bits per heavy atom. The first-order valence-electron chi connectivity index (χ1n) is 10.8. The molecule has 0 radical (unpaired) electrons. The molecule has 1 atom stereocenters. The van der Waals surface area contributed by atoms with Gasteiger partial charge in [0.15, 0.2) is 5.96 Å². The Kier molecular flexibility index (Phi) is 7.47. The number of aliphatic hydroxyl groups is 1. The van der Waals surface area contributed by atoms with Crippen LogP contribution in [0.1, 0.15) is 45.4 Å². The van der Waals surface area contributed by atoms with E-state index in [0.717, 1.165) is 74.9 Å². The lowest BCUT2D eigenvalue weighted by molar-refractivity contribution is 0.0131. The quantitative estimate of drug-likeness (QED) is 0.479. The van der Waals surface area contributed by atoms with Crippen LogP contribution in [-0.2, 0) is 0 Å². The maximum atomic E-state index is 10.7. The highest BCUT2D eigenvalue weighted by Crippen LogP contribution is 2.31. The van der Waals surface area contributed by atoms with Crippen molar-refractivity contribution < 1.29 is 14.6 Å². The lowest BCUT2D eigenvalue weighted by Crippen LogP contribution is -2.46. The van der Waals surface area contributed by atoms with Gasteiger partial charge in [-0.15, -0.1) is 0 Å². The van der Waals surface area contributed by atoms with Gasteiger partial charge in [0.2, 0.25) is 0 Å². The Labute approximate surface area is 174 Å². The molecule has 0 spiro atoms. The number of hydrogen-bond acceptors (Lipinski definition) is 5. The molecule has 0 bridgehead atoms. The summed E-state index contributed by atoms with van der Waals surface area (Å²) >= 11 is 0. The molecule has 7 heteroatoms. The van der Waals surface area contributed by atoms with E-state index < -0.39 is 5.60 Å². The average Bonchev–Trinajstić information content (AvgIpc) is 3.21. The standard InChI is InChI=1S/C22H36N4O3/c1-4-23-21(24-16-22(27)9-6-5-7-10-22)25-17-8-11-26(15-17)18-12-19(28-2)14-20(13-18)29-3/h12-14,17,27H,4-11,15-16H2,1-3H3,(H2,23,24,25). The van der Waals surface area contributed by atoms with Crippen molar-refractivity contribution in [3.8, 4) is 11.5 Å². The van der Waals surface area contributed by atoms with E-state index in [9.17, 15) is 5.11 Å². The number of methoxy groups -OCH3 is 2. The molecule has 0 amide bonds. The summed E-state index contributed by atoms with van der Waals surface area (Å²) < 4.78 is 10.8. The SMILES string of the molecule is CCNC(=NCC1(O)CCCCC1)NC1CCN(c2cc(OC)cc(OC)c2)C1. The molecule has 1 heterocycles. The summed E-state index contributed by atoms with van der Waals surface area (Å²) in [5.41, 5.74) is 0.461. The number of anilines is 1. The van der Waals surface area contributed by atoms with Crippen molar-refractivity contribution in [2.75, 3.05) is 45.3 Å². The van der Waals surface area contributed by atoms with Crippen molar-refractivity contribution in [2.45, 2.75) is 57.1 Å². The maximum Gasteiger partial charge on any atom is 0.191 e. The van der Waals surface area contributed by atoms with Crippen LogP contribution in [0.3, 0.4) is 0 Å². The van der Waals surface area contributed by atoms with E-state index in [-0.39, 0.29) is 0 Å². The number of nitrogens with zero attached hydrogens (tertiary/aromatic N) is 2. The monoisotopic (exact) mass is 404 g/mol. The number of guanidine groups is 1. The summed E-state index contributed by atoms with van der Waals surface area (Å²) in [6.45, 7) is 5.16. The fourth-order valence-electron chi connectivity index (χ4n) is 4.20. The van der Waals surface area contributed by atoms with E-state index >= 15 is 0 Å². The van der Waals surface area contributed by atoms with E-state index in [1.165, 1.54) is 6.42 Å². The smallest absolute Gasteiger partial charge is 0.191 e. The summed E-state index contributed by atoms with van der Waals surface area (Å²) in [5.74, 6) is 2.39. The first-order chi connectivity index (χ1) is 14.0. The topological polar surface area (TPSA) is 78.4 Å². The number of nitrogens with one attached hydrogen (secondary N) is 2. The van der Waals surface area contributed by atoms with Gasteiger partial charge in [0, 0.05) is 49.6 Å².